The molecule has 2 heterocycles. The lowest BCUT2D eigenvalue weighted by atomic mass is 10.2. The third kappa shape index (κ3) is 3.32. The van der Waals surface area contributed by atoms with Crippen molar-refractivity contribution < 1.29 is 4.79 Å². The molecule has 0 aliphatic rings. The van der Waals surface area contributed by atoms with Crippen molar-refractivity contribution in [2.45, 2.75) is 13.5 Å². The van der Waals surface area contributed by atoms with Crippen molar-refractivity contribution in [2.24, 2.45) is 0 Å². The summed E-state index contributed by atoms with van der Waals surface area (Å²) >= 11 is 0. The van der Waals surface area contributed by atoms with Crippen molar-refractivity contribution >= 4 is 22.5 Å². The number of aryl methyl sites for hydroxylation is 1. The molecule has 0 fully saturated rings. The molecule has 0 aliphatic heterocycles. The van der Waals surface area contributed by atoms with Gasteiger partial charge >= 0.3 is 0 Å². The van der Waals surface area contributed by atoms with Crippen LogP contribution in [-0.4, -0.2) is 30.7 Å². The Hall–Kier alpha value is -3.81. The second-order valence-corrected chi connectivity index (χ2v) is 6.05. The number of benzene rings is 2. The molecule has 2 aromatic heterocycles. The zero-order valence-corrected chi connectivity index (χ0v) is 14.5. The highest BCUT2D eigenvalue weighted by molar-refractivity contribution is 5.91. The van der Waals surface area contributed by atoms with Gasteiger partial charge in [0.15, 0.2) is 0 Å². The molecule has 1 amide bonds. The standard InChI is InChI=1S/C19H16N6O2/c1-13-9-10-20-25(13)15-6-4-5-14(11-15)21-18(26)12-24-19(27)16-7-2-3-8-17(16)22-23-24/h2-11H,12H2,1H3,(H,21,26). The quantitative estimate of drug-likeness (QED) is 0.600. The van der Waals surface area contributed by atoms with Gasteiger partial charge in [-0.25, -0.2) is 9.36 Å². The molecule has 0 spiro atoms. The monoisotopic (exact) mass is 360 g/mol. The summed E-state index contributed by atoms with van der Waals surface area (Å²) in [5.41, 5.74) is 2.57. The van der Waals surface area contributed by atoms with Gasteiger partial charge in [-0.15, -0.1) is 5.10 Å². The fourth-order valence-corrected chi connectivity index (χ4v) is 2.82. The number of amides is 1. The van der Waals surface area contributed by atoms with Crippen LogP contribution in [-0.2, 0) is 11.3 Å². The topological polar surface area (TPSA) is 94.7 Å². The van der Waals surface area contributed by atoms with Gasteiger partial charge in [-0.2, -0.15) is 5.10 Å². The molecule has 0 atom stereocenters. The van der Waals surface area contributed by atoms with Gasteiger partial charge in [-0.05, 0) is 43.3 Å². The van der Waals surface area contributed by atoms with E-state index in [2.05, 4.69) is 20.7 Å². The normalized spacial score (nSPS) is 10.9. The van der Waals surface area contributed by atoms with Crippen molar-refractivity contribution in [3.63, 3.8) is 0 Å². The van der Waals surface area contributed by atoms with Crippen LogP contribution in [0.2, 0.25) is 0 Å². The molecule has 0 aliphatic carbocycles. The zero-order chi connectivity index (χ0) is 18.8. The first-order chi connectivity index (χ1) is 13.1. The van der Waals surface area contributed by atoms with Crippen molar-refractivity contribution in [2.75, 3.05) is 5.32 Å². The molecule has 2 aromatic carbocycles. The molecule has 134 valence electrons. The summed E-state index contributed by atoms with van der Waals surface area (Å²) in [5, 5.41) is 15.3. The minimum atomic E-state index is -0.365. The Morgan fingerprint density at radius 2 is 1.96 bits per heavy atom. The summed E-state index contributed by atoms with van der Waals surface area (Å²) in [5.74, 6) is -0.365. The Balaban J connectivity index is 1.54. The third-order valence-corrected chi connectivity index (χ3v) is 4.13. The Kier molecular flexibility index (Phi) is 4.21. The number of nitrogens with one attached hydrogen (secondary N) is 1. The number of anilines is 1. The lowest BCUT2D eigenvalue weighted by Crippen LogP contribution is -2.30. The van der Waals surface area contributed by atoms with Crippen LogP contribution >= 0.6 is 0 Å². The van der Waals surface area contributed by atoms with Crippen LogP contribution in [0.4, 0.5) is 5.69 Å². The van der Waals surface area contributed by atoms with Crippen LogP contribution in [0.3, 0.4) is 0 Å². The Morgan fingerprint density at radius 3 is 2.78 bits per heavy atom. The predicted octanol–water partition coefficient (Wildman–Crippen LogP) is 1.92. The van der Waals surface area contributed by atoms with Gasteiger partial charge in [0.1, 0.15) is 12.1 Å². The highest BCUT2D eigenvalue weighted by Gasteiger charge is 2.10. The molecule has 0 unspecified atom stereocenters. The van der Waals surface area contributed by atoms with Gasteiger partial charge in [-0.1, -0.05) is 23.4 Å². The number of carbonyl (C=O) groups excluding carboxylic acids is 1. The number of rotatable bonds is 4. The highest BCUT2D eigenvalue weighted by atomic mass is 16.2. The lowest BCUT2D eigenvalue weighted by molar-refractivity contribution is -0.117. The molecule has 8 heteroatoms. The first kappa shape index (κ1) is 16.6. The summed E-state index contributed by atoms with van der Waals surface area (Å²) in [4.78, 5) is 24.8. The molecule has 0 saturated carbocycles. The van der Waals surface area contributed by atoms with Gasteiger partial charge in [0.05, 0.1) is 11.1 Å². The van der Waals surface area contributed by atoms with E-state index in [0.29, 0.717) is 16.6 Å². The number of aromatic nitrogens is 5. The fraction of sp³-hybridized carbons (Fsp3) is 0.105. The molecule has 0 radical (unpaired) electrons. The molecule has 8 nitrogen and oxygen atoms in total. The Labute approximate surface area is 154 Å². The molecule has 27 heavy (non-hydrogen) atoms. The lowest BCUT2D eigenvalue weighted by Gasteiger charge is -2.09. The first-order valence-electron chi connectivity index (χ1n) is 8.35. The number of hydrogen-bond acceptors (Lipinski definition) is 5. The Morgan fingerprint density at radius 1 is 1.11 bits per heavy atom. The second-order valence-electron chi connectivity index (χ2n) is 6.05. The molecular weight excluding hydrogens is 344 g/mol. The average Bonchev–Trinajstić information content (AvgIpc) is 3.10. The second kappa shape index (κ2) is 6.83. The van der Waals surface area contributed by atoms with Crippen LogP contribution in [0.25, 0.3) is 16.6 Å². The summed E-state index contributed by atoms with van der Waals surface area (Å²) in [6.07, 6.45) is 1.71. The zero-order valence-electron chi connectivity index (χ0n) is 14.5. The maximum absolute atomic E-state index is 12.4. The smallest absolute Gasteiger partial charge is 0.278 e. The van der Waals surface area contributed by atoms with Gasteiger partial charge in [-0.3, -0.25) is 9.59 Å². The number of fused-ring (bicyclic) bond motifs is 1. The van der Waals surface area contributed by atoms with Crippen LogP contribution in [0.15, 0.2) is 65.6 Å². The van der Waals surface area contributed by atoms with Crippen molar-refractivity contribution in [1.29, 1.82) is 0 Å². The minimum Gasteiger partial charge on any atom is -0.324 e. The van der Waals surface area contributed by atoms with Crippen LogP contribution in [0.1, 0.15) is 5.69 Å². The van der Waals surface area contributed by atoms with Gasteiger partial charge < -0.3 is 5.32 Å². The molecule has 4 rings (SSSR count). The van der Waals surface area contributed by atoms with E-state index in [1.54, 1.807) is 41.2 Å². The van der Waals surface area contributed by atoms with Crippen LogP contribution < -0.4 is 10.9 Å². The van der Waals surface area contributed by atoms with Crippen LogP contribution in [0, 0.1) is 6.92 Å². The predicted molar refractivity (Wildman–Crippen MR) is 101 cm³/mol. The van der Waals surface area contributed by atoms with Crippen LogP contribution in [0.5, 0.6) is 0 Å². The van der Waals surface area contributed by atoms with E-state index in [0.717, 1.165) is 16.1 Å². The van der Waals surface area contributed by atoms with Crippen molar-refractivity contribution in [3.05, 3.63) is 76.8 Å². The molecule has 1 N–H and O–H groups in total. The summed E-state index contributed by atoms with van der Waals surface area (Å²) in [6, 6.07) is 16.1. The summed E-state index contributed by atoms with van der Waals surface area (Å²) in [6.45, 7) is 1.73. The van der Waals surface area contributed by atoms with E-state index in [-0.39, 0.29) is 18.0 Å². The third-order valence-electron chi connectivity index (χ3n) is 4.13. The van der Waals surface area contributed by atoms with E-state index >= 15 is 0 Å². The largest absolute Gasteiger partial charge is 0.324 e. The Bertz CT molecular complexity index is 1190. The van der Waals surface area contributed by atoms with E-state index in [9.17, 15) is 9.59 Å². The van der Waals surface area contributed by atoms with Gasteiger partial charge in [0.2, 0.25) is 5.91 Å². The molecule has 4 aromatic rings. The van der Waals surface area contributed by atoms with E-state index in [1.165, 1.54) is 0 Å². The van der Waals surface area contributed by atoms with Gasteiger partial charge in [0, 0.05) is 17.6 Å². The van der Waals surface area contributed by atoms with E-state index in [4.69, 9.17) is 0 Å². The first-order valence-corrected chi connectivity index (χ1v) is 8.35. The highest BCUT2D eigenvalue weighted by Crippen LogP contribution is 2.15. The number of nitrogens with zero attached hydrogens (tertiary/aromatic N) is 5. The molecular formula is C19H16N6O2. The fourth-order valence-electron chi connectivity index (χ4n) is 2.82. The van der Waals surface area contributed by atoms with Crippen molar-refractivity contribution in [3.8, 4) is 5.69 Å². The molecule has 0 bridgehead atoms. The van der Waals surface area contributed by atoms with Crippen molar-refractivity contribution in [1.82, 2.24) is 24.8 Å². The maximum Gasteiger partial charge on any atom is 0.278 e. The number of carbonyl (C=O) groups is 1. The summed E-state index contributed by atoms with van der Waals surface area (Å²) in [7, 11) is 0. The van der Waals surface area contributed by atoms with E-state index < -0.39 is 0 Å². The van der Waals surface area contributed by atoms with E-state index in [1.807, 2.05) is 31.2 Å². The van der Waals surface area contributed by atoms with Gasteiger partial charge in [0.25, 0.3) is 5.56 Å². The molecule has 0 saturated heterocycles. The SMILES string of the molecule is Cc1ccnn1-c1cccc(NC(=O)Cn2nnc3ccccc3c2=O)c1. The minimum absolute atomic E-state index is 0.221. The summed E-state index contributed by atoms with van der Waals surface area (Å²) < 4.78 is 2.83. The maximum atomic E-state index is 12.4. The average molecular weight is 360 g/mol. The number of hydrogen-bond donors (Lipinski definition) is 1.